The topological polar surface area (TPSA) is 120 Å². The molecule has 122 valence electrons. The van der Waals surface area contributed by atoms with Gasteiger partial charge in [0.15, 0.2) is 0 Å². The molecule has 0 aliphatic rings. The lowest BCUT2D eigenvalue weighted by molar-refractivity contribution is -0.384. The normalized spacial score (nSPS) is 11.4. The molecular weight excluding hydrogens is 428 g/mol. The predicted octanol–water partition coefficient (Wildman–Crippen LogP) is 3.21. The number of aryl methyl sites for hydroxylation is 1. The first-order valence-corrected chi connectivity index (χ1v) is 9.42. The molecule has 11 heteroatoms. The maximum atomic E-state index is 12.7. The van der Waals surface area contributed by atoms with Crippen LogP contribution in [0.4, 0.5) is 11.4 Å². The third kappa shape index (κ3) is 3.27. The first-order chi connectivity index (χ1) is 10.6. The van der Waals surface area contributed by atoms with Gasteiger partial charge in [-0.25, -0.2) is 8.42 Å². The highest BCUT2D eigenvalue weighted by atomic mass is 79.9. The molecule has 0 atom stereocenters. The first kappa shape index (κ1) is 17.9. The molecule has 2 aromatic rings. The van der Waals surface area contributed by atoms with Crippen LogP contribution in [0.15, 0.2) is 32.5 Å². The average Bonchev–Trinajstić information content (AvgIpc) is 2.84. The predicted molar refractivity (Wildman–Crippen MR) is 93.0 cm³/mol. The zero-order chi connectivity index (χ0) is 17.5. The van der Waals surface area contributed by atoms with Gasteiger partial charge in [0.25, 0.3) is 5.69 Å². The van der Waals surface area contributed by atoms with Crippen LogP contribution < -0.4 is 5.73 Å². The third-order valence-corrected chi connectivity index (χ3v) is 7.05. The maximum Gasteiger partial charge on any atom is 0.294 e. The molecule has 2 N–H and O–H groups in total. The Morgan fingerprint density at radius 1 is 1.39 bits per heavy atom. The van der Waals surface area contributed by atoms with E-state index in [1.807, 2.05) is 0 Å². The highest BCUT2D eigenvalue weighted by Gasteiger charge is 2.27. The number of thiophene rings is 1. The molecule has 0 spiro atoms. The summed E-state index contributed by atoms with van der Waals surface area (Å²) >= 11 is 7.67. The molecule has 1 aromatic carbocycles. The van der Waals surface area contributed by atoms with Crippen molar-refractivity contribution in [3.63, 3.8) is 0 Å². The number of carbonyl (C=O) groups excluding carboxylic acids is 1. The number of benzene rings is 1. The summed E-state index contributed by atoms with van der Waals surface area (Å²) in [6.45, 7) is 1.54. The number of thiol groups is 1. The second kappa shape index (κ2) is 6.23. The lowest BCUT2D eigenvalue weighted by atomic mass is 10.3. The van der Waals surface area contributed by atoms with Crippen molar-refractivity contribution in [3.05, 3.63) is 42.5 Å². The summed E-state index contributed by atoms with van der Waals surface area (Å²) in [6.07, 6.45) is 0. The van der Waals surface area contributed by atoms with Gasteiger partial charge in [0.2, 0.25) is 15.0 Å². The minimum Gasteiger partial charge on any atom is -0.392 e. The molecule has 0 fully saturated rings. The molecule has 0 unspecified atom stereocenters. The molecule has 0 saturated carbocycles. The van der Waals surface area contributed by atoms with E-state index in [0.29, 0.717) is 4.88 Å². The Kier molecular flexibility index (Phi) is 4.85. The molecule has 0 bridgehead atoms. The van der Waals surface area contributed by atoms with Gasteiger partial charge in [-0.15, -0.1) is 11.3 Å². The molecule has 0 amide bonds. The summed E-state index contributed by atoms with van der Waals surface area (Å²) in [5.41, 5.74) is 4.89. The SMILES string of the molecule is Cc1sc(C(=O)S)cc1S(=O)(=O)c1cc(Br)c(N)c([N+](=O)[O-])c1. The summed E-state index contributed by atoms with van der Waals surface area (Å²) in [7, 11) is -4.04. The Morgan fingerprint density at radius 3 is 2.48 bits per heavy atom. The Balaban J connectivity index is 2.70. The maximum absolute atomic E-state index is 12.7. The highest BCUT2D eigenvalue weighted by Crippen LogP contribution is 2.37. The number of anilines is 1. The van der Waals surface area contributed by atoms with Crippen LogP contribution in [-0.4, -0.2) is 18.5 Å². The van der Waals surface area contributed by atoms with Gasteiger partial charge in [-0.2, -0.15) is 0 Å². The molecule has 1 aromatic heterocycles. The van der Waals surface area contributed by atoms with E-state index in [0.717, 1.165) is 17.4 Å². The Bertz CT molecular complexity index is 936. The lowest BCUT2D eigenvalue weighted by Gasteiger charge is -2.07. The van der Waals surface area contributed by atoms with E-state index < -0.39 is 25.6 Å². The van der Waals surface area contributed by atoms with Gasteiger partial charge in [0.05, 0.1) is 19.6 Å². The van der Waals surface area contributed by atoms with Crippen molar-refractivity contribution in [2.45, 2.75) is 16.7 Å². The van der Waals surface area contributed by atoms with E-state index >= 15 is 0 Å². The number of nitrogen functional groups attached to an aromatic ring is 1. The number of hydrogen-bond acceptors (Lipinski definition) is 7. The first-order valence-electron chi connectivity index (χ1n) is 5.88. The molecule has 0 radical (unpaired) electrons. The van der Waals surface area contributed by atoms with E-state index in [1.165, 1.54) is 12.1 Å². The summed E-state index contributed by atoms with van der Waals surface area (Å²) in [5.74, 6) is 0. The van der Waals surface area contributed by atoms with Gasteiger partial charge in [-0.05, 0) is 35.0 Å². The molecule has 23 heavy (non-hydrogen) atoms. The average molecular weight is 437 g/mol. The number of nitrogens with two attached hydrogens (primary N) is 1. The van der Waals surface area contributed by atoms with Crippen LogP contribution >= 0.6 is 39.9 Å². The van der Waals surface area contributed by atoms with Crippen LogP contribution in [0.2, 0.25) is 0 Å². The number of nitro benzene ring substituents is 1. The van der Waals surface area contributed by atoms with Crippen molar-refractivity contribution < 1.29 is 18.1 Å². The van der Waals surface area contributed by atoms with Crippen LogP contribution in [0.1, 0.15) is 14.5 Å². The van der Waals surface area contributed by atoms with Gasteiger partial charge in [-0.1, -0.05) is 12.6 Å². The monoisotopic (exact) mass is 436 g/mol. The number of carbonyl (C=O) groups is 1. The largest absolute Gasteiger partial charge is 0.392 e. The van der Waals surface area contributed by atoms with Crippen molar-refractivity contribution in [2.24, 2.45) is 0 Å². The number of halogens is 1. The minimum atomic E-state index is -4.04. The quantitative estimate of drug-likeness (QED) is 0.328. The Morgan fingerprint density at radius 2 is 2.00 bits per heavy atom. The van der Waals surface area contributed by atoms with Gasteiger partial charge < -0.3 is 5.73 Å². The molecule has 2 rings (SSSR count). The molecule has 0 saturated heterocycles. The van der Waals surface area contributed by atoms with Crippen LogP contribution in [-0.2, 0) is 9.84 Å². The van der Waals surface area contributed by atoms with Gasteiger partial charge >= 0.3 is 0 Å². The number of hydrogen-bond donors (Lipinski definition) is 2. The van der Waals surface area contributed by atoms with Crippen LogP contribution in [0.3, 0.4) is 0 Å². The van der Waals surface area contributed by atoms with Crippen LogP contribution in [0.5, 0.6) is 0 Å². The van der Waals surface area contributed by atoms with E-state index in [9.17, 15) is 23.3 Å². The number of nitro groups is 1. The zero-order valence-electron chi connectivity index (χ0n) is 11.4. The van der Waals surface area contributed by atoms with Crippen molar-refractivity contribution in [1.29, 1.82) is 0 Å². The fourth-order valence-electron chi connectivity index (χ4n) is 1.85. The summed E-state index contributed by atoms with van der Waals surface area (Å²) in [5, 5.41) is 10.5. The van der Waals surface area contributed by atoms with Gasteiger partial charge in [0, 0.05) is 15.4 Å². The summed E-state index contributed by atoms with van der Waals surface area (Å²) in [6, 6.07) is 3.30. The fraction of sp³-hybridized carbons (Fsp3) is 0.0833. The van der Waals surface area contributed by atoms with Crippen molar-refractivity contribution in [3.8, 4) is 0 Å². The Hall–Kier alpha value is -1.43. The van der Waals surface area contributed by atoms with Gasteiger partial charge in [0.1, 0.15) is 5.69 Å². The second-order valence-electron chi connectivity index (χ2n) is 4.43. The number of rotatable bonds is 4. The highest BCUT2D eigenvalue weighted by molar-refractivity contribution is 9.10. The lowest BCUT2D eigenvalue weighted by Crippen LogP contribution is -2.05. The number of nitrogens with zero attached hydrogens (tertiary/aromatic N) is 1. The van der Waals surface area contributed by atoms with E-state index in [1.54, 1.807) is 6.92 Å². The molecular formula is C12H9BrN2O5S3. The van der Waals surface area contributed by atoms with Crippen molar-refractivity contribution in [2.75, 3.05) is 5.73 Å². The summed E-state index contributed by atoms with van der Waals surface area (Å²) < 4.78 is 25.5. The standard InChI is InChI=1S/C12H9BrN2O5S3/c1-5-10(4-9(22-5)12(16)21)23(19,20)6-2-7(13)11(14)8(3-6)15(17)18/h2-4H,14H2,1H3,(H,16,21). The molecule has 1 heterocycles. The van der Waals surface area contributed by atoms with Crippen molar-refractivity contribution >= 4 is 66.2 Å². The molecule has 0 aliphatic heterocycles. The fourth-order valence-corrected chi connectivity index (χ4v) is 5.38. The van der Waals surface area contributed by atoms with Gasteiger partial charge in [-0.3, -0.25) is 14.9 Å². The van der Waals surface area contributed by atoms with E-state index in [2.05, 4.69) is 28.6 Å². The zero-order valence-corrected chi connectivity index (χ0v) is 15.6. The van der Waals surface area contributed by atoms with Crippen LogP contribution in [0.25, 0.3) is 0 Å². The van der Waals surface area contributed by atoms with E-state index in [4.69, 9.17) is 5.73 Å². The molecule has 0 aliphatic carbocycles. The van der Waals surface area contributed by atoms with E-state index in [-0.39, 0.29) is 24.8 Å². The number of sulfone groups is 1. The van der Waals surface area contributed by atoms with Crippen LogP contribution in [0, 0.1) is 17.0 Å². The smallest absolute Gasteiger partial charge is 0.294 e. The van der Waals surface area contributed by atoms with Crippen molar-refractivity contribution in [1.82, 2.24) is 0 Å². The summed E-state index contributed by atoms with van der Waals surface area (Å²) in [4.78, 5) is 21.7. The molecule has 7 nitrogen and oxygen atoms in total. The minimum absolute atomic E-state index is 0.0918. The Labute approximate surface area is 149 Å². The third-order valence-electron chi connectivity index (χ3n) is 2.96. The second-order valence-corrected chi connectivity index (χ2v) is 8.87.